The predicted molar refractivity (Wildman–Crippen MR) is 156 cm³/mol. The standard InChI is InChI=1S/C31H30N6O3/c1-38-27-4-3-5-28(39-2)29(27)26-20-33-30(35-26)22-8-6-21(7-9-22)25-14-15-32-31(36-25)34-23-10-12-24(13-11-23)37-16-18-40-19-17-37/h3-15,20H,16-19H2,1-2H3,(H,33,35)(H,32,34,36). The Morgan fingerprint density at radius 1 is 0.825 bits per heavy atom. The summed E-state index contributed by atoms with van der Waals surface area (Å²) < 4.78 is 16.5. The van der Waals surface area contributed by atoms with E-state index in [9.17, 15) is 0 Å². The molecule has 9 nitrogen and oxygen atoms in total. The van der Waals surface area contributed by atoms with Crippen molar-refractivity contribution >= 4 is 17.3 Å². The Kier molecular flexibility index (Phi) is 7.28. The van der Waals surface area contributed by atoms with Crippen LogP contribution in [0, 0.1) is 0 Å². The molecule has 0 spiro atoms. The number of aromatic amines is 1. The molecule has 0 aliphatic carbocycles. The van der Waals surface area contributed by atoms with Crippen molar-refractivity contribution in [1.82, 2.24) is 19.9 Å². The maximum atomic E-state index is 5.55. The van der Waals surface area contributed by atoms with Crippen LogP contribution in [0.2, 0.25) is 0 Å². The van der Waals surface area contributed by atoms with Crippen molar-refractivity contribution < 1.29 is 14.2 Å². The first-order chi connectivity index (χ1) is 19.7. The first-order valence-electron chi connectivity index (χ1n) is 13.1. The van der Waals surface area contributed by atoms with Gasteiger partial charge in [-0.1, -0.05) is 30.3 Å². The Labute approximate surface area is 232 Å². The van der Waals surface area contributed by atoms with Gasteiger partial charge < -0.3 is 29.4 Å². The number of morpholine rings is 1. The molecule has 0 atom stereocenters. The number of H-pyrrole nitrogens is 1. The van der Waals surface area contributed by atoms with Crippen LogP contribution in [0.5, 0.6) is 11.5 Å². The fourth-order valence-electron chi connectivity index (χ4n) is 4.80. The van der Waals surface area contributed by atoms with E-state index in [4.69, 9.17) is 19.2 Å². The number of imidazole rings is 1. The lowest BCUT2D eigenvalue weighted by Crippen LogP contribution is -2.36. The Bertz CT molecular complexity index is 1560. The summed E-state index contributed by atoms with van der Waals surface area (Å²) in [5, 5.41) is 3.32. The van der Waals surface area contributed by atoms with Gasteiger partial charge in [0.05, 0.1) is 50.6 Å². The number of benzene rings is 3. The Hall–Kier alpha value is -4.89. The summed E-state index contributed by atoms with van der Waals surface area (Å²) in [6.07, 6.45) is 3.56. The zero-order valence-corrected chi connectivity index (χ0v) is 22.4. The first-order valence-corrected chi connectivity index (χ1v) is 13.1. The Balaban J connectivity index is 1.17. The van der Waals surface area contributed by atoms with E-state index >= 15 is 0 Å². The van der Waals surface area contributed by atoms with Gasteiger partial charge in [0.1, 0.15) is 17.3 Å². The van der Waals surface area contributed by atoms with E-state index in [1.807, 2.05) is 60.7 Å². The van der Waals surface area contributed by atoms with E-state index in [0.717, 1.165) is 65.9 Å². The molecule has 1 saturated heterocycles. The zero-order chi connectivity index (χ0) is 27.3. The van der Waals surface area contributed by atoms with E-state index in [-0.39, 0.29) is 0 Å². The summed E-state index contributed by atoms with van der Waals surface area (Å²) in [6, 6.07) is 24.0. The maximum Gasteiger partial charge on any atom is 0.227 e. The zero-order valence-electron chi connectivity index (χ0n) is 22.4. The second-order valence-electron chi connectivity index (χ2n) is 9.30. The molecule has 1 aliphatic rings. The van der Waals surface area contributed by atoms with E-state index < -0.39 is 0 Å². The highest BCUT2D eigenvalue weighted by atomic mass is 16.5. The van der Waals surface area contributed by atoms with Gasteiger partial charge in [0.25, 0.3) is 0 Å². The molecule has 202 valence electrons. The molecule has 9 heteroatoms. The molecule has 2 N–H and O–H groups in total. The maximum absolute atomic E-state index is 5.55. The number of ether oxygens (including phenoxy) is 3. The molecular formula is C31H30N6O3. The fourth-order valence-corrected chi connectivity index (χ4v) is 4.80. The number of nitrogens with zero attached hydrogens (tertiary/aromatic N) is 4. The predicted octanol–water partition coefficient (Wildman–Crippen LogP) is 5.80. The molecule has 0 bridgehead atoms. The highest BCUT2D eigenvalue weighted by Crippen LogP contribution is 2.38. The van der Waals surface area contributed by atoms with Crippen molar-refractivity contribution in [2.75, 3.05) is 50.7 Å². The highest BCUT2D eigenvalue weighted by molar-refractivity contribution is 5.76. The number of methoxy groups -OCH3 is 2. The number of aromatic nitrogens is 4. The van der Waals surface area contributed by atoms with Gasteiger partial charge in [0, 0.05) is 41.8 Å². The third-order valence-corrected chi connectivity index (χ3v) is 6.88. The van der Waals surface area contributed by atoms with Crippen LogP contribution in [-0.2, 0) is 4.74 Å². The summed E-state index contributed by atoms with van der Waals surface area (Å²) in [4.78, 5) is 19.5. The van der Waals surface area contributed by atoms with E-state index in [2.05, 4.69) is 37.3 Å². The lowest BCUT2D eigenvalue weighted by Gasteiger charge is -2.28. The summed E-state index contributed by atoms with van der Waals surface area (Å²) in [5.41, 5.74) is 6.54. The molecule has 1 fully saturated rings. The topological polar surface area (TPSA) is 97.4 Å². The number of hydrogen-bond acceptors (Lipinski definition) is 8. The molecule has 0 saturated carbocycles. The Morgan fingerprint density at radius 2 is 1.52 bits per heavy atom. The molecule has 2 aromatic heterocycles. The molecule has 0 radical (unpaired) electrons. The SMILES string of the molecule is COc1cccc(OC)c1-c1cnc(-c2ccc(-c3ccnc(Nc4ccc(N5CCOCC5)cc4)n3)cc2)[nH]1. The quantitative estimate of drug-likeness (QED) is 0.258. The van der Waals surface area contributed by atoms with Gasteiger partial charge in [-0.25, -0.2) is 15.0 Å². The molecule has 40 heavy (non-hydrogen) atoms. The third kappa shape index (κ3) is 5.32. The van der Waals surface area contributed by atoms with E-state index in [1.165, 1.54) is 5.69 Å². The molecule has 0 amide bonds. The molecule has 1 aliphatic heterocycles. The van der Waals surface area contributed by atoms with Gasteiger partial charge in [0.15, 0.2) is 0 Å². The second kappa shape index (κ2) is 11.5. The van der Waals surface area contributed by atoms with Crippen LogP contribution in [-0.4, -0.2) is 60.5 Å². The monoisotopic (exact) mass is 534 g/mol. The minimum atomic E-state index is 0.544. The average molecular weight is 535 g/mol. The molecule has 5 aromatic rings. The number of anilines is 3. The lowest BCUT2D eigenvalue weighted by molar-refractivity contribution is 0.122. The summed E-state index contributed by atoms with van der Waals surface area (Å²) in [7, 11) is 3.29. The van der Waals surface area contributed by atoms with Crippen molar-refractivity contribution in [3.05, 3.63) is 85.2 Å². The normalized spacial score (nSPS) is 13.2. The van der Waals surface area contributed by atoms with E-state index in [0.29, 0.717) is 17.4 Å². The molecule has 0 unspecified atom stereocenters. The van der Waals surface area contributed by atoms with Gasteiger partial charge >= 0.3 is 0 Å². The largest absolute Gasteiger partial charge is 0.496 e. The summed E-state index contributed by atoms with van der Waals surface area (Å²) in [5.74, 6) is 2.72. The van der Waals surface area contributed by atoms with Crippen LogP contribution < -0.4 is 19.7 Å². The van der Waals surface area contributed by atoms with Crippen molar-refractivity contribution in [2.24, 2.45) is 0 Å². The van der Waals surface area contributed by atoms with Crippen LogP contribution in [0.25, 0.3) is 33.9 Å². The minimum Gasteiger partial charge on any atom is -0.496 e. The molecular weight excluding hydrogens is 504 g/mol. The summed E-state index contributed by atoms with van der Waals surface area (Å²) in [6.45, 7) is 3.35. The molecule has 3 heterocycles. The van der Waals surface area contributed by atoms with Gasteiger partial charge in [-0.2, -0.15) is 0 Å². The van der Waals surface area contributed by atoms with Gasteiger partial charge in [0.2, 0.25) is 5.95 Å². The van der Waals surface area contributed by atoms with Gasteiger partial charge in [-0.05, 0) is 42.5 Å². The van der Waals surface area contributed by atoms with Crippen LogP contribution >= 0.6 is 0 Å². The first kappa shape index (κ1) is 25.4. The van der Waals surface area contributed by atoms with Crippen molar-refractivity contribution in [1.29, 1.82) is 0 Å². The number of hydrogen-bond donors (Lipinski definition) is 2. The van der Waals surface area contributed by atoms with E-state index in [1.54, 1.807) is 26.6 Å². The van der Waals surface area contributed by atoms with Crippen LogP contribution in [0.3, 0.4) is 0 Å². The van der Waals surface area contributed by atoms with Crippen molar-refractivity contribution in [3.8, 4) is 45.4 Å². The lowest BCUT2D eigenvalue weighted by atomic mass is 10.1. The fraction of sp³-hybridized carbons (Fsp3) is 0.194. The summed E-state index contributed by atoms with van der Waals surface area (Å²) >= 11 is 0. The van der Waals surface area contributed by atoms with Crippen molar-refractivity contribution in [2.45, 2.75) is 0 Å². The highest BCUT2D eigenvalue weighted by Gasteiger charge is 2.16. The number of rotatable bonds is 8. The van der Waals surface area contributed by atoms with Gasteiger partial charge in [-0.15, -0.1) is 0 Å². The number of nitrogens with one attached hydrogen (secondary N) is 2. The molecule has 3 aromatic carbocycles. The van der Waals surface area contributed by atoms with Gasteiger partial charge in [-0.3, -0.25) is 0 Å². The smallest absolute Gasteiger partial charge is 0.227 e. The Morgan fingerprint density at radius 3 is 2.23 bits per heavy atom. The average Bonchev–Trinajstić information content (AvgIpc) is 3.51. The van der Waals surface area contributed by atoms with Crippen LogP contribution in [0.4, 0.5) is 17.3 Å². The van der Waals surface area contributed by atoms with Crippen LogP contribution in [0.1, 0.15) is 0 Å². The van der Waals surface area contributed by atoms with Crippen molar-refractivity contribution in [3.63, 3.8) is 0 Å². The molecule has 6 rings (SSSR count). The van der Waals surface area contributed by atoms with Crippen LogP contribution in [0.15, 0.2) is 85.2 Å². The second-order valence-corrected chi connectivity index (χ2v) is 9.30. The minimum absolute atomic E-state index is 0.544. The third-order valence-electron chi connectivity index (χ3n) is 6.88.